The molecule has 0 fully saturated rings. The smallest absolute Gasteiger partial charge is 0.406 e. The lowest BCUT2D eigenvalue weighted by atomic mass is 10.1. The van der Waals surface area contributed by atoms with Crippen molar-refractivity contribution < 1.29 is 22.7 Å². The fraction of sp³-hybridized carbons (Fsp3) is 0.150. The van der Waals surface area contributed by atoms with Crippen LogP contribution in [0.25, 0.3) is 21.8 Å². The highest BCUT2D eigenvalue weighted by Gasteiger charge is 2.31. The first-order valence-electron chi connectivity index (χ1n) is 8.85. The van der Waals surface area contributed by atoms with Crippen molar-refractivity contribution in [3.8, 4) is 5.75 Å². The molecular weight excluding hydrogens is 385 g/mol. The molecule has 0 unspecified atom stereocenters. The van der Waals surface area contributed by atoms with Crippen LogP contribution in [0.4, 0.5) is 23.7 Å². The Bertz CT molecular complexity index is 1160. The average Bonchev–Trinajstić information content (AvgIpc) is 3.26. The first-order chi connectivity index (χ1) is 13.9. The van der Waals surface area contributed by atoms with Crippen LogP contribution in [0.1, 0.15) is 5.56 Å². The standard InChI is InChI=1S/C20H17F3N4O2/c21-20(22,23)29-15-3-4-16-13(11-26-18(16)10-15)6-8-25-19(28)27-14-2-1-12-5-7-24-17(12)9-14/h1-5,7,9-11,24,26H,6,8H2,(H2,25,27,28). The van der Waals surface area contributed by atoms with E-state index in [4.69, 9.17) is 0 Å². The highest BCUT2D eigenvalue weighted by atomic mass is 19.4. The molecule has 0 bridgehead atoms. The topological polar surface area (TPSA) is 81.9 Å². The molecule has 2 aromatic heterocycles. The third-order valence-electron chi connectivity index (χ3n) is 4.47. The van der Waals surface area contributed by atoms with Crippen molar-refractivity contribution in [3.63, 3.8) is 0 Å². The molecule has 0 aliphatic carbocycles. The van der Waals surface area contributed by atoms with Gasteiger partial charge in [0.1, 0.15) is 5.75 Å². The highest BCUT2D eigenvalue weighted by molar-refractivity contribution is 5.92. The van der Waals surface area contributed by atoms with Crippen molar-refractivity contribution in [3.05, 3.63) is 60.4 Å². The summed E-state index contributed by atoms with van der Waals surface area (Å²) in [5.41, 5.74) is 3.01. The van der Waals surface area contributed by atoms with E-state index in [1.165, 1.54) is 12.1 Å². The molecule has 0 radical (unpaired) electrons. The number of hydrogen-bond acceptors (Lipinski definition) is 2. The Balaban J connectivity index is 1.33. The lowest BCUT2D eigenvalue weighted by molar-refractivity contribution is -0.274. The number of aromatic amines is 2. The number of carbonyl (C=O) groups is 1. The molecule has 4 aromatic rings. The first kappa shape index (κ1) is 18.7. The summed E-state index contributed by atoms with van der Waals surface area (Å²) in [4.78, 5) is 18.1. The van der Waals surface area contributed by atoms with Crippen molar-refractivity contribution in [2.45, 2.75) is 12.8 Å². The molecule has 2 amide bonds. The second-order valence-corrected chi connectivity index (χ2v) is 6.48. The van der Waals surface area contributed by atoms with E-state index in [-0.39, 0.29) is 11.8 Å². The first-order valence-corrected chi connectivity index (χ1v) is 8.85. The van der Waals surface area contributed by atoms with Crippen molar-refractivity contribution in [1.82, 2.24) is 15.3 Å². The minimum Gasteiger partial charge on any atom is -0.406 e. The average molecular weight is 402 g/mol. The molecule has 0 aliphatic heterocycles. The molecule has 2 heterocycles. The number of alkyl halides is 3. The summed E-state index contributed by atoms with van der Waals surface area (Å²) in [5.74, 6) is -0.282. The predicted molar refractivity (Wildman–Crippen MR) is 104 cm³/mol. The molecule has 9 heteroatoms. The number of benzene rings is 2. The number of hydrogen-bond donors (Lipinski definition) is 4. The molecule has 0 saturated carbocycles. The van der Waals surface area contributed by atoms with E-state index in [0.29, 0.717) is 24.2 Å². The van der Waals surface area contributed by atoms with Crippen molar-refractivity contribution in [2.75, 3.05) is 11.9 Å². The van der Waals surface area contributed by atoms with Crippen molar-refractivity contribution in [1.29, 1.82) is 0 Å². The number of amides is 2. The van der Waals surface area contributed by atoms with E-state index in [9.17, 15) is 18.0 Å². The number of halogens is 3. The maximum atomic E-state index is 12.3. The summed E-state index contributed by atoms with van der Waals surface area (Å²) >= 11 is 0. The second-order valence-electron chi connectivity index (χ2n) is 6.48. The largest absolute Gasteiger partial charge is 0.573 e. The minimum atomic E-state index is -4.73. The quantitative estimate of drug-likeness (QED) is 0.383. The molecule has 4 N–H and O–H groups in total. The minimum absolute atomic E-state index is 0.282. The van der Waals surface area contributed by atoms with Crippen LogP contribution in [0.15, 0.2) is 54.9 Å². The SMILES string of the molecule is O=C(NCCc1c[nH]c2cc(OC(F)(F)F)ccc12)Nc1ccc2cc[nH]c2c1. The number of fused-ring (bicyclic) bond motifs is 2. The van der Waals surface area contributed by atoms with Crippen molar-refractivity contribution in [2.24, 2.45) is 0 Å². The lowest BCUT2D eigenvalue weighted by Gasteiger charge is -2.09. The lowest BCUT2D eigenvalue weighted by Crippen LogP contribution is -2.30. The summed E-state index contributed by atoms with van der Waals surface area (Å²) in [5, 5.41) is 7.37. The van der Waals surface area contributed by atoms with Crippen LogP contribution in [0.3, 0.4) is 0 Å². The van der Waals surface area contributed by atoms with Gasteiger partial charge in [-0.3, -0.25) is 0 Å². The van der Waals surface area contributed by atoms with E-state index >= 15 is 0 Å². The van der Waals surface area contributed by atoms with Crippen LogP contribution in [0.2, 0.25) is 0 Å². The molecule has 2 aromatic carbocycles. The maximum absolute atomic E-state index is 12.3. The molecule has 0 aliphatic rings. The number of anilines is 1. The number of carbonyl (C=O) groups excluding carboxylic acids is 1. The number of nitrogens with one attached hydrogen (secondary N) is 4. The number of aromatic nitrogens is 2. The number of H-pyrrole nitrogens is 2. The monoisotopic (exact) mass is 402 g/mol. The van der Waals surface area contributed by atoms with Gasteiger partial charge in [0.25, 0.3) is 0 Å². The van der Waals surface area contributed by atoms with Gasteiger partial charge in [0.15, 0.2) is 0 Å². The Morgan fingerprint density at radius 2 is 1.90 bits per heavy atom. The number of rotatable bonds is 5. The van der Waals surface area contributed by atoms with Crippen LogP contribution in [-0.2, 0) is 6.42 Å². The molecule has 0 atom stereocenters. The summed E-state index contributed by atoms with van der Waals surface area (Å²) in [6.45, 7) is 0.365. The molecule has 150 valence electrons. The Morgan fingerprint density at radius 3 is 2.72 bits per heavy atom. The van der Waals surface area contributed by atoms with E-state index in [2.05, 4.69) is 25.3 Å². The van der Waals surface area contributed by atoms with Gasteiger partial charge in [-0.05, 0) is 47.7 Å². The zero-order valence-corrected chi connectivity index (χ0v) is 15.1. The second kappa shape index (κ2) is 7.42. The zero-order chi connectivity index (χ0) is 20.4. The van der Waals surface area contributed by atoms with Crippen LogP contribution in [0.5, 0.6) is 5.75 Å². The molecule has 0 saturated heterocycles. The summed E-state index contributed by atoms with van der Waals surface area (Å²) < 4.78 is 40.9. The molecule has 29 heavy (non-hydrogen) atoms. The van der Waals surface area contributed by atoms with Gasteiger partial charge in [0.05, 0.1) is 0 Å². The van der Waals surface area contributed by atoms with Gasteiger partial charge in [0.2, 0.25) is 0 Å². The van der Waals surface area contributed by atoms with Gasteiger partial charge < -0.3 is 25.3 Å². The van der Waals surface area contributed by atoms with Crippen molar-refractivity contribution >= 4 is 33.5 Å². The van der Waals surface area contributed by atoms with Gasteiger partial charge in [-0.25, -0.2) is 4.79 Å². The van der Waals surface area contributed by atoms with E-state index in [0.717, 1.165) is 21.9 Å². The Hall–Kier alpha value is -3.62. The normalized spacial score (nSPS) is 11.7. The van der Waals surface area contributed by atoms with Gasteiger partial charge in [0, 0.05) is 47.1 Å². The Kier molecular flexibility index (Phi) is 4.79. The van der Waals surface area contributed by atoms with Crippen LogP contribution >= 0.6 is 0 Å². The number of ether oxygens (including phenoxy) is 1. The van der Waals surface area contributed by atoms with E-state index < -0.39 is 6.36 Å². The zero-order valence-electron chi connectivity index (χ0n) is 15.1. The predicted octanol–water partition coefficient (Wildman–Crippen LogP) is 4.91. The van der Waals surface area contributed by atoms with Crippen LogP contribution < -0.4 is 15.4 Å². The summed E-state index contributed by atoms with van der Waals surface area (Å²) in [6, 6.07) is 11.3. The van der Waals surface area contributed by atoms with Gasteiger partial charge in [-0.15, -0.1) is 13.2 Å². The Morgan fingerprint density at radius 1 is 1.03 bits per heavy atom. The third kappa shape index (κ3) is 4.45. The molecule has 4 rings (SSSR count). The van der Waals surface area contributed by atoms with Gasteiger partial charge in [-0.1, -0.05) is 6.07 Å². The van der Waals surface area contributed by atoms with E-state index in [1.54, 1.807) is 12.3 Å². The molecule has 0 spiro atoms. The fourth-order valence-electron chi connectivity index (χ4n) is 3.18. The van der Waals surface area contributed by atoms with E-state index in [1.807, 2.05) is 30.5 Å². The molecular formula is C20H17F3N4O2. The summed E-state index contributed by atoms with van der Waals surface area (Å²) in [7, 11) is 0. The Labute approximate surface area is 163 Å². The maximum Gasteiger partial charge on any atom is 0.573 e. The third-order valence-corrected chi connectivity index (χ3v) is 4.47. The van der Waals surface area contributed by atoms with Crippen LogP contribution in [0, 0.1) is 0 Å². The fourth-order valence-corrected chi connectivity index (χ4v) is 3.18. The number of urea groups is 1. The van der Waals surface area contributed by atoms with Gasteiger partial charge in [-0.2, -0.15) is 0 Å². The van der Waals surface area contributed by atoms with Crippen LogP contribution in [-0.4, -0.2) is 28.9 Å². The highest BCUT2D eigenvalue weighted by Crippen LogP contribution is 2.27. The van der Waals surface area contributed by atoms with Gasteiger partial charge >= 0.3 is 12.4 Å². The molecule has 6 nitrogen and oxygen atoms in total. The summed E-state index contributed by atoms with van der Waals surface area (Å²) in [6.07, 6.45) is -0.678.